The molecule has 1 heterocycles. The summed E-state index contributed by atoms with van der Waals surface area (Å²) in [6, 6.07) is 19.5. The first-order valence-corrected chi connectivity index (χ1v) is 10.3. The molecule has 3 aromatic rings. The van der Waals surface area contributed by atoms with E-state index in [1.807, 2.05) is 13.0 Å². The molecule has 0 saturated heterocycles. The number of nitrogens with zero attached hydrogens (tertiary/aromatic N) is 1. The van der Waals surface area contributed by atoms with Crippen molar-refractivity contribution >= 4 is 28.8 Å². The molecule has 168 valence electrons. The maximum atomic E-state index is 13.7. The van der Waals surface area contributed by atoms with Gasteiger partial charge in [0.15, 0.2) is 0 Å². The van der Waals surface area contributed by atoms with E-state index < -0.39 is 11.8 Å². The second-order valence-electron chi connectivity index (χ2n) is 7.46. The van der Waals surface area contributed by atoms with E-state index in [4.69, 9.17) is 14.2 Å². The second kappa shape index (κ2) is 9.08. The summed E-state index contributed by atoms with van der Waals surface area (Å²) in [7, 11) is 4.64. The topological polar surface area (TPSA) is 77.1 Å². The molecule has 0 unspecified atom stereocenters. The van der Waals surface area contributed by atoms with Crippen LogP contribution in [0.1, 0.15) is 11.1 Å². The lowest BCUT2D eigenvalue weighted by Gasteiger charge is -2.19. The van der Waals surface area contributed by atoms with Crippen molar-refractivity contribution in [1.82, 2.24) is 0 Å². The average Bonchev–Trinajstić information content (AvgIpc) is 3.08. The smallest absolute Gasteiger partial charge is 0.282 e. The van der Waals surface area contributed by atoms with E-state index in [-0.39, 0.29) is 11.3 Å². The Morgan fingerprint density at radius 1 is 0.758 bits per heavy atom. The number of hydrogen-bond acceptors (Lipinski definition) is 6. The zero-order chi connectivity index (χ0) is 23.5. The van der Waals surface area contributed by atoms with Gasteiger partial charge in [-0.15, -0.1) is 0 Å². The van der Waals surface area contributed by atoms with Crippen molar-refractivity contribution in [2.24, 2.45) is 0 Å². The average molecular weight is 444 g/mol. The van der Waals surface area contributed by atoms with Gasteiger partial charge in [-0.25, -0.2) is 4.90 Å². The van der Waals surface area contributed by atoms with Crippen molar-refractivity contribution in [3.8, 4) is 17.2 Å². The van der Waals surface area contributed by atoms with E-state index in [0.29, 0.717) is 34.2 Å². The molecule has 0 atom stereocenters. The molecule has 0 fully saturated rings. The molecule has 0 spiro atoms. The van der Waals surface area contributed by atoms with Crippen LogP contribution >= 0.6 is 0 Å². The molecule has 7 nitrogen and oxygen atoms in total. The SMILES string of the molecule is COc1ccc(C2=C(Nc3cccc(OC)c3)C(=O)N(c3cc(C)ccc3OC)C2=O)cc1. The van der Waals surface area contributed by atoms with Crippen LogP contribution in [0.3, 0.4) is 0 Å². The normalized spacial score (nSPS) is 13.4. The minimum absolute atomic E-state index is 0.168. The van der Waals surface area contributed by atoms with Crippen LogP contribution in [-0.2, 0) is 9.59 Å². The third-order valence-electron chi connectivity index (χ3n) is 5.38. The number of benzene rings is 3. The van der Waals surface area contributed by atoms with Crippen molar-refractivity contribution < 1.29 is 23.8 Å². The molecule has 1 aliphatic heterocycles. The molecule has 1 aliphatic rings. The Morgan fingerprint density at radius 2 is 1.48 bits per heavy atom. The van der Waals surface area contributed by atoms with Crippen LogP contribution in [0, 0.1) is 6.92 Å². The molecule has 3 aromatic carbocycles. The van der Waals surface area contributed by atoms with Gasteiger partial charge in [-0.3, -0.25) is 9.59 Å². The van der Waals surface area contributed by atoms with Crippen molar-refractivity contribution in [3.63, 3.8) is 0 Å². The Morgan fingerprint density at radius 3 is 2.15 bits per heavy atom. The molecule has 0 saturated carbocycles. The van der Waals surface area contributed by atoms with E-state index in [2.05, 4.69) is 5.32 Å². The van der Waals surface area contributed by atoms with Crippen LogP contribution in [0.15, 0.2) is 72.4 Å². The number of hydrogen-bond donors (Lipinski definition) is 1. The largest absolute Gasteiger partial charge is 0.497 e. The van der Waals surface area contributed by atoms with Gasteiger partial charge in [0, 0.05) is 11.8 Å². The number of nitrogens with one attached hydrogen (secondary N) is 1. The summed E-state index contributed by atoms with van der Waals surface area (Å²) in [6.07, 6.45) is 0. The van der Waals surface area contributed by atoms with Crippen LogP contribution in [-0.4, -0.2) is 33.1 Å². The molecule has 0 radical (unpaired) electrons. The summed E-state index contributed by atoms with van der Waals surface area (Å²) in [4.78, 5) is 28.5. The Balaban J connectivity index is 1.84. The van der Waals surface area contributed by atoms with Crippen LogP contribution in [0.5, 0.6) is 17.2 Å². The summed E-state index contributed by atoms with van der Waals surface area (Å²) in [5.41, 5.74) is 2.92. The van der Waals surface area contributed by atoms with Gasteiger partial charge < -0.3 is 19.5 Å². The van der Waals surface area contributed by atoms with Crippen molar-refractivity contribution in [3.05, 3.63) is 83.6 Å². The van der Waals surface area contributed by atoms with E-state index >= 15 is 0 Å². The standard InChI is InChI=1S/C26H24N2O5/c1-16-8-13-22(33-4)21(14-16)28-25(29)23(17-9-11-19(31-2)12-10-17)24(26(28)30)27-18-6-5-7-20(15-18)32-3/h5-15,27H,1-4H3. The van der Waals surface area contributed by atoms with Gasteiger partial charge in [0.25, 0.3) is 11.8 Å². The van der Waals surface area contributed by atoms with Crippen molar-refractivity contribution in [1.29, 1.82) is 0 Å². The monoisotopic (exact) mass is 444 g/mol. The molecular weight excluding hydrogens is 420 g/mol. The first-order chi connectivity index (χ1) is 16.0. The third kappa shape index (κ3) is 4.13. The Labute approximate surface area is 192 Å². The molecule has 33 heavy (non-hydrogen) atoms. The Bertz CT molecular complexity index is 1250. The summed E-state index contributed by atoms with van der Waals surface area (Å²) in [5.74, 6) is 0.784. The molecule has 0 bridgehead atoms. The lowest BCUT2D eigenvalue weighted by atomic mass is 10.0. The lowest BCUT2D eigenvalue weighted by molar-refractivity contribution is -0.120. The highest BCUT2D eigenvalue weighted by atomic mass is 16.5. The number of anilines is 2. The molecule has 1 N–H and O–H groups in total. The Hall–Kier alpha value is -4.26. The number of ether oxygens (including phenoxy) is 3. The number of amides is 2. The van der Waals surface area contributed by atoms with E-state index in [1.54, 1.807) is 74.9 Å². The minimum atomic E-state index is -0.475. The number of imide groups is 1. The summed E-state index contributed by atoms with van der Waals surface area (Å²) < 4.78 is 16.0. The van der Waals surface area contributed by atoms with Gasteiger partial charge in [0.2, 0.25) is 0 Å². The quantitative estimate of drug-likeness (QED) is 0.544. The van der Waals surface area contributed by atoms with E-state index in [9.17, 15) is 9.59 Å². The van der Waals surface area contributed by atoms with Crippen LogP contribution in [0.2, 0.25) is 0 Å². The number of methoxy groups -OCH3 is 3. The fourth-order valence-electron chi connectivity index (χ4n) is 3.71. The highest BCUT2D eigenvalue weighted by Gasteiger charge is 2.41. The molecule has 0 aromatic heterocycles. The predicted octanol–water partition coefficient (Wildman–Crippen LogP) is 4.42. The third-order valence-corrected chi connectivity index (χ3v) is 5.38. The van der Waals surface area contributed by atoms with E-state index in [0.717, 1.165) is 10.5 Å². The zero-order valence-corrected chi connectivity index (χ0v) is 18.8. The number of aryl methyl sites for hydroxylation is 1. The maximum Gasteiger partial charge on any atom is 0.282 e. The minimum Gasteiger partial charge on any atom is -0.497 e. The molecular formula is C26H24N2O5. The highest BCUT2D eigenvalue weighted by Crippen LogP contribution is 2.38. The number of rotatable bonds is 7. The van der Waals surface area contributed by atoms with Crippen LogP contribution in [0.25, 0.3) is 5.57 Å². The Kier molecular flexibility index (Phi) is 6.04. The van der Waals surface area contributed by atoms with Crippen LogP contribution in [0.4, 0.5) is 11.4 Å². The summed E-state index contributed by atoms with van der Waals surface area (Å²) in [5, 5.41) is 3.14. The van der Waals surface area contributed by atoms with E-state index in [1.165, 1.54) is 7.11 Å². The molecule has 4 rings (SSSR count). The fraction of sp³-hybridized carbons (Fsp3) is 0.154. The van der Waals surface area contributed by atoms with Gasteiger partial charge in [-0.1, -0.05) is 24.3 Å². The second-order valence-corrected chi connectivity index (χ2v) is 7.46. The van der Waals surface area contributed by atoms with Gasteiger partial charge >= 0.3 is 0 Å². The fourth-order valence-corrected chi connectivity index (χ4v) is 3.71. The first kappa shape index (κ1) is 22.0. The highest BCUT2D eigenvalue weighted by molar-refractivity contribution is 6.46. The van der Waals surface area contributed by atoms with Crippen molar-refractivity contribution in [2.45, 2.75) is 6.92 Å². The van der Waals surface area contributed by atoms with Crippen molar-refractivity contribution in [2.75, 3.05) is 31.5 Å². The summed E-state index contributed by atoms with van der Waals surface area (Å²) in [6.45, 7) is 1.89. The number of carbonyl (C=O) groups is 2. The predicted molar refractivity (Wildman–Crippen MR) is 127 cm³/mol. The number of carbonyl (C=O) groups excluding carboxylic acids is 2. The van der Waals surface area contributed by atoms with Gasteiger partial charge in [-0.2, -0.15) is 0 Å². The van der Waals surface area contributed by atoms with Gasteiger partial charge in [0.1, 0.15) is 22.9 Å². The van der Waals surface area contributed by atoms with Crippen LogP contribution < -0.4 is 24.4 Å². The molecule has 2 amide bonds. The lowest BCUT2D eigenvalue weighted by Crippen LogP contribution is -2.32. The first-order valence-electron chi connectivity index (χ1n) is 10.3. The molecule has 7 heteroatoms. The zero-order valence-electron chi connectivity index (χ0n) is 18.8. The molecule has 0 aliphatic carbocycles. The van der Waals surface area contributed by atoms with Gasteiger partial charge in [-0.05, 0) is 54.4 Å². The summed E-state index contributed by atoms with van der Waals surface area (Å²) >= 11 is 0. The van der Waals surface area contributed by atoms with Gasteiger partial charge in [0.05, 0.1) is 32.6 Å². The maximum absolute atomic E-state index is 13.7.